The Kier molecular flexibility index (Phi) is 4.25. The summed E-state index contributed by atoms with van der Waals surface area (Å²) in [6.07, 6.45) is 4.82. The first-order valence-electron chi connectivity index (χ1n) is 11.1. The third-order valence-electron chi connectivity index (χ3n) is 6.86. The SMILES string of the molecule is CC1C(c2ccccc2)=Cc2c1cccc2C1C(c2ccccc2)=Cc2ccccc21. The standard InChI is InChI=1S/C31H24/c1-21-25-17-10-18-27(30(25)20-28(21)22-11-4-2-5-12-22)31-26-16-9-8-15-24(26)19-29(31)23-13-6-3-7-14-23/h2-21,31H,1H3. The van der Waals surface area contributed by atoms with Crippen molar-refractivity contribution in [3.63, 3.8) is 0 Å². The average Bonchev–Trinajstić information content (AvgIpc) is 3.38. The van der Waals surface area contributed by atoms with Crippen molar-refractivity contribution in [3.8, 4) is 0 Å². The molecule has 0 N–H and O–H groups in total. The molecule has 0 saturated heterocycles. The first kappa shape index (κ1) is 18.2. The predicted octanol–water partition coefficient (Wildman–Crippen LogP) is 8.03. The zero-order valence-corrected chi connectivity index (χ0v) is 17.6. The maximum Gasteiger partial charge on any atom is 0.0358 e. The van der Waals surface area contributed by atoms with Gasteiger partial charge in [0.2, 0.25) is 0 Å². The lowest BCUT2D eigenvalue weighted by Gasteiger charge is -2.21. The molecule has 0 heterocycles. The van der Waals surface area contributed by atoms with Gasteiger partial charge in [0.25, 0.3) is 0 Å². The lowest BCUT2D eigenvalue weighted by atomic mass is 9.82. The normalized spacial score (nSPS) is 18.9. The molecule has 0 nitrogen and oxygen atoms in total. The van der Waals surface area contributed by atoms with Gasteiger partial charge in [-0.2, -0.15) is 0 Å². The van der Waals surface area contributed by atoms with Gasteiger partial charge in [0, 0.05) is 11.8 Å². The Bertz CT molecular complexity index is 1320. The van der Waals surface area contributed by atoms with Gasteiger partial charge in [-0.25, -0.2) is 0 Å². The molecule has 0 fully saturated rings. The maximum atomic E-state index is 2.44. The molecular weight excluding hydrogens is 372 g/mol. The minimum atomic E-state index is 0.257. The lowest BCUT2D eigenvalue weighted by molar-refractivity contribution is 0.988. The van der Waals surface area contributed by atoms with E-state index >= 15 is 0 Å². The van der Waals surface area contributed by atoms with Crippen LogP contribution in [0, 0.1) is 0 Å². The molecule has 4 aromatic carbocycles. The number of fused-ring (bicyclic) bond motifs is 2. The lowest BCUT2D eigenvalue weighted by Crippen LogP contribution is -2.04. The van der Waals surface area contributed by atoms with Gasteiger partial charge in [-0.3, -0.25) is 0 Å². The van der Waals surface area contributed by atoms with Crippen molar-refractivity contribution in [1.29, 1.82) is 0 Å². The molecule has 0 bridgehead atoms. The summed E-state index contributed by atoms with van der Waals surface area (Å²) < 4.78 is 0. The molecule has 0 saturated carbocycles. The number of benzene rings is 4. The number of hydrogen-bond acceptors (Lipinski definition) is 0. The van der Waals surface area contributed by atoms with Crippen LogP contribution in [-0.2, 0) is 0 Å². The van der Waals surface area contributed by atoms with E-state index in [1.807, 2.05) is 0 Å². The van der Waals surface area contributed by atoms with Crippen molar-refractivity contribution in [2.75, 3.05) is 0 Å². The monoisotopic (exact) mass is 396 g/mol. The van der Waals surface area contributed by atoms with E-state index in [4.69, 9.17) is 0 Å². The minimum Gasteiger partial charge on any atom is -0.0622 e. The largest absolute Gasteiger partial charge is 0.0622 e. The molecule has 2 atom stereocenters. The summed E-state index contributed by atoms with van der Waals surface area (Å²) in [5.74, 6) is 0.658. The van der Waals surface area contributed by atoms with Crippen LogP contribution in [0.25, 0.3) is 23.3 Å². The first-order valence-corrected chi connectivity index (χ1v) is 11.1. The molecule has 0 amide bonds. The van der Waals surface area contributed by atoms with E-state index in [0.29, 0.717) is 5.92 Å². The molecule has 0 radical (unpaired) electrons. The second-order valence-corrected chi connectivity index (χ2v) is 8.57. The fraction of sp³-hybridized carbons (Fsp3) is 0.0968. The topological polar surface area (TPSA) is 0 Å². The Labute approximate surface area is 184 Å². The van der Waals surface area contributed by atoms with Gasteiger partial charge in [0.05, 0.1) is 0 Å². The predicted molar refractivity (Wildman–Crippen MR) is 132 cm³/mol. The van der Waals surface area contributed by atoms with E-state index in [2.05, 4.69) is 122 Å². The van der Waals surface area contributed by atoms with Crippen molar-refractivity contribution in [2.45, 2.75) is 18.8 Å². The number of rotatable bonds is 3. The van der Waals surface area contributed by atoms with Crippen molar-refractivity contribution in [1.82, 2.24) is 0 Å². The molecule has 6 rings (SSSR count). The molecule has 148 valence electrons. The third kappa shape index (κ3) is 2.91. The Morgan fingerprint density at radius 1 is 0.484 bits per heavy atom. The second kappa shape index (κ2) is 7.25. The van der Waals surface area contributed by atoms with E-state index in [1.54, 1.807) is 0 Å². The summed E-state index contributed by atoms with van der Waals surface area (Å²) in [6.45, 7) is 2.34. The van der Waals surface area contributed by atoms with Crippen molar-refractivity contribution in [2.24, 2.45) is 0 Å². The van der Waals surface area contributed by atoms with E-state index < -0.39 is 0 Å². The van der Waals surface area contributed by atoms with E-state index in [9.17, 15) is 0 Å². The summed E-state index contributed by atoms with van der Waals surface area (Å²) >= 11 is 0. The Morgan fingerprint density at radius 3 is 1.81 bits per heavy atom. The van der Waals surface area contributed by atoms with Gasteiger partial charge in [0.15, 0.2) is 0 Å². The van der Waals surface area contributed by atoms with E-state index in [1.165, 1.54) is 50.1 Å². The van der Waals surface area contributed by atoms with Crippen molar-refractivity contribution in [3.05, 3.63) is 142 Å². The summed E-state index contributed by atoms with van der Waals surface area (Å²) in [4.78, 5) is 0. The minimum absolute atomic E-state index is 0.257. The van der Waals surface area contributed by atoms with Gasteiger partial charge in [0.1, 0.15) is 0 Å². The van der Waals surface area contributed by atoms with Gasteiger partial charge in [-0.1, -0.05) is 110 Å². The average molecular weight is 397 g/mol. The highest BCUT2D eigenvalue weighted by atomic mass is 14.4. The Morgan fingerprint density at radius 2 is 1.06 bits per heavy atom. The molecule has 31 heavy (non-hydrogen) atoms. The zero-order valence-electron chi connectivity index (χ0n) is 17.6. The van der Waals surface area contributed by atoms with Crippen LogP contribution in [-0.4, -0.2) is 0 Å². The molecule has 2 unspecified atom stereocenters. The highest BCUT2D eigenvalue weighted by Crippen LogP contribution is 2.51. The van der Waals surface area contributed by atoms with Gasteiger partial charge in [-0.15, -0.1) is 0 Å². The van der Waals surface area contributed by atoms with Crippen LogP contribution >= 0.6 is 0 Å². The van der Waals surface area contributed by atoms with Crippen LogP contribution < -0.4 is 0 Å². The molecule has 0 aromatic heterocycles. The number of allylic oxidation sites excluding steroid dienone is 2. The van der Waals surface area contributed by atoms with Crippen LogP contribution in [0.15, 0.2) is 103 Å². The molecular formula is C31H24. The molecule has 0 aliphatic heterocycles. The smallest absolute Gasteiger partial charge is 0.0358 e. The number of hydrogen-bond donors (Lipinski definition) is 0. The summed E-state index contributed by atoms with van der Waals surface area (Å²) in [5, 5.41) is 0. The molecule has 2 aliphatic carbocycles. The third-order valence-corrected chi connectivity index (χ3v) is 6.86. The van der Waals surface area contributed by atoms with Crippen molar-refractivity contribution < 1.29 is 0 Å². The highest BCUT2D eigenvalue weighted by Gasteiger charge is 2.32. The Hall–Kier alpha value is -3.64. The molecule has 0 spiro atoms. The highest BCUT2D eigenvalue weighted by molar-refractivity contribution is 5.97. The van der Waals surface area contributed by atoms with E-state index in [0.717, 1.165) is 0 Å². The van der Waals surface area contributed by atoms with Crippen molar-refractivity contribution >= 4 is 23.3 Å². The van der Waals surface area contributed by atoms with Crippen LogP contribution in [0.3, 0.4) is 0 Å². The van der Waals surface area contributed by atoms with Gasteiger partial charge >= 0.3 is 0 Å². The summed E-state index contributed by atoms with van der Waals surface area (Å²) in [7, 11) is 0. The second-order valence-electron chi connectivity index (χ2n) is 8.57. The van der Waals surface area contributed by atoms with Crippen LogP contribution in [0.1, 0.15) is 57.7 Å². The Balaban J connectivity index is 1.55. The summed E-state index contributed by atoms with van der Waals surface area (Å²) in [6, 6.07) is 37.4. The molecule has 4 aromatic rings. The summed E-state index contributed by atoms with van der Waals surface area (Å²) in [5.41, 5.74) is 12.4. The van der Waals surface area contributed by atoms with Crippen LogP contribution in [0.4, 0.5) is 0 Å². The fourth-order valence-electron chi connectivity index (χ4n) is 5.35. The van der Waals surface area contributed by atoms with E-state index in [-0.39, 0.29) is 5.92 Å². The maximum absolute atomic E-state index is 2.44. The van der Waals surface area contributed by atoms with Gasteiger partial charge < -0.3 is 0 Å². The van der Waals surface area contributed by atoms with Gasteiger partial charge in [-0.05, 0) is 62.2 Å². The van der Waals surface area contributed by atoms with Crippen LogP contribution in [0.5, 0.6) is 0 Å². The fourth-order valence-corrected chi connectivity index (χ4v) is 5.35. The quantitative estimate of drug-likeness (QED) is 0.329. The zero-order chi connectivity index (χ0) is 20.8. The molecule has 0 heteroatoms. The van der Waals surface area contributed by atoms with Crippen LogP contribution in [0.2, 0.25) is 0 Å². The molecule has 2 aliphatic rings. The first-order chi connectivity index (χ1) is 15.3.